The van der Waals surface area contributed by atoms with Crippen molar-refractivity contribution in [3.8, 4) is 6.07 Å². The number of benzene rings is 1. The van der Waals surface area contributed by atoms with Gasteiger partial charge in [0.25, 0.3) is 0 Å². The third-order valence-electron chi connectivity index (χ3n) is 2.56. The van der Waals surface area contributed by atoms with Crippen molar-refractivity contribution in [1.82, 2.24) is 0 Å². The maximum Gasteiger partial charge on any atom is 0.124 e. The second-order valence-electron chi connectivity index (χ2n) is 3.96. The highest BCUT2D eigenvalue weighted by Gasteiger charge is 2.27. The van der Waals surface area contributed by atoms with E-state index in [0.29, 0.717) is 0 Å². The Kier molecular flexibility index (Phi) is 3.14. The topological polar surface area (TPSA) is 35.8 Å². The van der Waals surface area contributed by atoms with E-state index in [0.717, 1.165) is 5.69 Å². The van der Waals surface area contributed by atoms with Crippen molar-refractivity contribution < 1.29 is 0 Å². The summed E-state index contributed by atoms with van der Waals surface area (Å²) in [5.41, 5.74) is 0.492. The van der Waals surface area contributed by atoms with E-state index in [1.165, 1.54) is 0 Å². The lowest BCUT2D eigenvalue weighted by Gasteiger charge is -2.28. The molecular weight excluding hydrogens is 172 g/mol. The minimum absolute atomic E-state index is 0.271. The van der Waals surface area contributed by atoms with Gasteiger partial charge in [0.05, 0.1) is 6.07 Å². The second-order valence-corrected chi connectivity index (χ2v) is 3.96. The number of hydrogen-bond acceptors (Lipinski definition) is 2. The van der Waals surface area contributed by atoms with Crippen molar-refractivity contribution in [2.75, 3.05) is 5.32 Å². The summed E-state index contributed by atoms with van der Waals surface area (Å²) in [4.78, 5) is 0. The fourth-order valence-corrected chi connectivity index (χ4v) is 1.12. The quantitative estimate of drug-likeness (QED) is 0.791. The van der Waals surface area contributed by atoms with Crippen LogP contribution in [-0.2, 0) is 0 Å². The van der Waals surface area contributed by atoms with Crippen LogP contribution in [-0.4, -0.2) is 5.54 Å². The maximum absolute atomic E-state index is 9.10. The summed E-state index contributed by atoms with van der Waals surface area (Å²) in [6.45, 7) is 6.00. The van der Waals surface area contributed by atoms with Crippen LogP contribution in [0.1, 0.15) is 20.8 Å². The summed E-state index contributed by atoms with van der Waals surface area (Å²) in [6, 6.07) is 12.1. The Morgan fingerprint density at radius 1 is 1.29 bits per heavy atom. The highest BCUT2D eigenvalue weighted by Crippen LogP contribution is 2.21. The third kappa shape index (κ3) is 2.26. The Labute approximate surface area is 85.6 Å². The molecule has 0 radical (unpaired) electrons. The normalized spacial score (nSPS) is 14.5. The summed E-state index contributed by atoms with van der Waals surface area (Å²) >= 11 is 0. The fraction of sp³-hybridized carbons (Fsp3) is 0.417. The lowest BCUT2D eigenvalue weighted by atomic mass is 9.90. The van der Waals surface area contributed by atoms with Crippen LogP contribution in [0, 0.1) is 17.2 Å². The predicted octanol–water partition coefficient (Wildman–Crippen LogP) is 3.04. The van der Waals surface area contributed by atoms with E-state index >= 15 is 0 Å². The monoisotopic (exact) mass is 188 g/mol. The SMILES string of the molecule is CC(C)C(C)(C#N)Nc1ccccc1. The van der Waals surface area contributed by atoms with Crippen LogP contribution in [0.25, 0.3) is 0 Å². The Morgan fingerprint density at radius 3 is 2.29 bits per heavy atom. The van der Waals surface area contributed by atoms with Gasteiger partial charge < -0.3 is 5.32 Å². The maximum atomic E-state index is 9.10. The number of anilines is 1. The molecule has 0 heterocycles. The lowest BCUT2D eigenvalue weighted by molar-refractivity contribution is 0.464. The van der Waals surface area contributed by atoms with E-state index in [1.807, 2.05) is 51.1 Å². The van der Waals surface area contributed by atoms with Gasteiger partial charge in [-0.15, -0.1) is 0 Å². The molecule has 1 N–H and O–H groups in total. The number of hydrogen-bond donors (Lipinski definition) is 1. The summed E-state index contributed by atoms with van der Waals surface area (Å²) < 4.78 is 0. The van der Waals surface area contributed by atoms with Crippen LogP contribution in [0.15, 0.2) is 30.3 Å². The van der Waals surface area contributed by atoms with Gasteiger partial charge in [0.1, 0.15) is 5.54 Å². The molecule has 0 aromatic heterocycles. The highest BCUT2D eigenvalue weighted by atomic mass is 15.0. The van der Waals surface area contributed by atoms with Gasteiger partial charge >= 0.3 is 0 Å². The first kappa shape index (κ1) is 10.6. The molecule has 14 heavy (non-hydrogen) atoms. The van der Waals surface area contributed by atoms with Gasteiger partial charge in [-0.05, 0) is 25.0 Å². The Hall–Kier alpha value is -1.49. The van der Waals surface area contributed by atoms with Gasteiger partial charge in [0.15, 0.2) is 0 Å². The van der Waals surface area contributed by atoms with Crippen LogP contribution in [0.5, 0.6) is 0 Å². The standard InChI is InChI=1S/C12H16N2/c1-10(2)12(3,9-13)14-11-7-5-4-6-8-11/h4-8,10,14H,1-3H3. The van der Waals surface area contributed by atoms with Crippen LogP contribution in [0.2, 0.25) is 0 Å². The Balaban J connectivity index is 2.83. The molecule has 0 aliphatic heterocycles. The molecule has 0 aliphatic rings. The van der Waals surface area contributed by atoms with Crippen LogP contribution in [0.4, 0.5) is 5.69 Å². The van der Waals surface area contributed by atoms with Gasteiger partial charge in [-0.1, -0.05) is 32.0 Å². The van der Waals surface area contributed by atoms with E-state index in [2.05, 4.69) is 11.4 Å². The van der Waals surface area contributed by atoms with E-state index < -0.39 is 5.54 Å². The molecule has 74 valence electrons. The smallest absolute Gasteiger partial charge is 0.124 e. The molecule has 0 aliphatic carbocycles. The van der Waals surface area contributed by atoms with Crippen molar-refractivity contribution in [3.05, 3.63) is 30.3 Å². The number of nitrogens with one attached hydrogen (secondary N) is 1. The molecule has 1 rings (SSSR count). The van der Waals surface area contributed by atoms with E-state index in [1.54, 1.807) is 0 Å². The first-order chi connectivity index (χ1) is 6.58. The summed E-state index contributed by atoms with van der Waals surface area (Å²) in [5.74, 6) is 0.271. The summed E-state index contributed by atoms with van der Waals surface area (Å²) in [5, 5.41) is 12.3. The minimum atomic E-state index is -0.499. The van der Waals surface area contributed by atoms with Gasteiger partial charge in [-0.25, -0.2) is 0 Å². The van der Waals surface area contributed by atoms with Crippen molar-refractivity contribution in [3.63, 3.8) is 0 Å². The molecule has 1 atom stereocenters. The van der Waals surface area contributed by atoms with E-state index in [-0.39, 0.29) is 5.92 Å². The first-order valence-electron chi connectivity index (χ1n) is 4.83. The van der Waals surface area contributed by atoms with Crippen LogP contribution < -0.4 is 5.32 Å². The predicted molar refractivity (Wildman–Crippen MR) is 58.9 cm³/mol. The largest absolute Gasteiger partial charge is 0.367 e. The van der Waals surface area contributed by atoms with Gasteiger partial charge in [-0.2, -0.15) is 5.26 Å². The molecular formula is C12H16N2. The molecule has 0 bridgehead atoms. The minimum Gasteiger partial charge on any atom is -0.367 e. The van der Waals surface area contributed by atoms with E-state index in [9.17, 15) is 0 Å². The Morgan fingerprint density at radius 2 is 1.86 bits per heavy atom. The molecule has 2 heteroatoms. The van der Waals surface area contributed by atoms with Crippen molar-refractivity contribution in [2.45, 2.75) is 26.3 Å². The molecule has 0 saturated heterocycles. The fourth-order valence-electron chi connectivity index (χ4n) is 1.12. The molecule has 0 amide bonds. The molecule has 2 nitrogen and oxygen atoms in total. The zero-order valence-electron chi connectivity index (χ0n) is 8.91. The summed E-state index contributed by atoms with van der Waals surface area (Å²) in [6.07, 6.45) is 0. The molecule has 0 saturated carbocycles. The van der Waals surface area contributed by atoms with Crippen molar-refractivity contribution in [2.24, 2.45) is 5.92 Å². The number of nitrogens with zero attached hydrogens (tertiary/aromatic N) is 1. The van der Waals surface area contributed by atoms with Crippen LogP contribution in [0.3, 0.4) is 0 Å². The first-order valence-corrected chi connectivity index (χ1v) is 4.83. The van der Waals surface area contributed by atoms with E-state index in [4.69, 9.17) is 5.26 Å². The number of para-hydroxylation sites is 1. The third-order valence-corrected chi connectivity index (χ3v) is 2.56. The second kappa shape index (κ2) is 4.15. The average Bonchev–Trinajstić information content (AvgIpc) is 2.19. The van der Waals surface area contributed by atoms with Gasteiger partial charge in [-0.3, -0.25) is 0 Å². The zero-order valence-corrected chi connectivity index (χ0v) is 8.91. The Bertz CT molecular complexity index is 324. The molecule has 0 spiro atoms. The molecule has 0 fully saturated rings. The van der Waals surface area contributed by atoms with Crippen LogP contribution >= 0.6 is 0 Å². The highest BCUT2D eigenvalue weighted by molar-refractivity contribution is 5.47. The van der Waals surface area contributed by atoms with Crippen molar-refractivity contribution >= 4 is 5.69 Å². The zero-order chi connectivity index (χ0) is 10.6. The van der Waals surface area contributed by atoms with Gasteiger partial charge in [0.2, 0.25) is 0 Å². The molecule has 1 aromatic rings. The number of nitriles is 1. The summed E-state index contributed by atoms with van der Waals surface area (Å²) in [7, 11) is 0. The molecule has 1 aromatic carbocycles. The average molecular weight is 188 g/mol. The van der Waals surface area contributed by atoms with Gasteiger partial charge in [0, 0.05) is 5.69 Å². The number of rotatable bonds is 3. The molecule has 1 unspecified atom stereocenters. The van der Waals surface area contributed by atoms with Crippen molar-refractivity contribution in [1.29, 1.82) is 5.26 Å². The lowest BCUT2D eigenvalue weighted by Crippen LogP contribution is -2.38.